The van der Waals surface area contributed by atoms with Crippen molar-refractivity contribution in [2.75, 3.05) is 25.5 Å². The predicted octanol–water partition coefficient (Wildman–Crippen LogP) is 3.02. The van der Waals surface area contributed by atoms with Gasteiger partial charge in [0.2, 0.25) is 0 Å². The van der Waals surface area contributed by atoms with Crippen molar-refractivity contribution >= 4 is 11.7 Å². The van der Waals surface area contributed by atoms with Crippen molar-refractivity contribution < 1.29 is 13.9 Å². The van der Waals surface area contributed by atoms with Crippen LogP contribution in [0, 0.1) is 5.82 Å². The summed E-state index contributed by atoms with van der Waals surface area (Å²) in [5, 5.41) is 5.77. The highest BCUT2D eigenvalue weighted by Crippen LogP contribution is 2.20. The fourth-order valence-electron chi connectivity index (χ4n) is 3.09. The van der Waals surface area contributed by atoms with Gasteiger partial charge in [0.15, 0.2) is 11.6 Å². The van der Waals surface area contributed by atoms with Crippen LogP contribution in [0.4, 0.5) is 14.9 Å². The molecule has 138 valence electrons. The molecule has 1 aromatic heterocycles. The number of hydrogen-bond donors (Lipinski definition) is 2. The van der Waals surface area contributed by atoms with Gasteiger partial charge in [-0.15, -0.1) is 0 Å². The first-order valence-electron chi connectivity index (χ1n) is 8.66. The lowest BCUT2D eigenvalue weighted by molar-refractivity contribution is 0.189. The van der Waals surface area contributed by atoms with Gasteiger partial charge in [0.1, 0.15) is 0 Å². The van der Waals surface area contributed by atoms with Crippen LogP contribution < -0.4 is 15.4 Å². The first-order chi connectivity index (χ1) is 12.6. The largest absolute Gasteiger partial charge is 0.494 e. The topological polar surface area (TPSA) is 66.5 Å². The molecule has 1 fully saturated rings. The monoisotopic (exact) mass is 358 g/mol. The zero-order chi connectivity index (χ0) is 18.4. The van der Waals surface area contributed by atoms with E-state index in [1.165, 1.54) is 13.2 Å². The van der Waals surface area contributed by atoms with Crippen LogP contribution in [-0.4, -0.2) is 42.2 Å². The van der Waals surface area contributed by atoms with E-state index in [4.69, 9.17) is 4.74 Å². The quantitative estimate of drug-likeness (QED) is 0.862. The maximum Gasteiger partial charge on any atom is 0.319 e. The fourth-order valence-corrected chi connectivity index (χ4v) is 3.09. The van der Waals surface area contributed by atoms with E-state index in [1.54, 1.807) is 30.6 Å². The van der Waals surface area contributed by atoms with Crippen molar-refractivity contribution in [3.63, 3.8) is 0 Å². The van der Waals surface area contributed by atoms with Crippen LogP contribution in [0.1, 0.15) is 18.4 Å². The number of hydrogen-bond acceptors (Lipinski definition) is 4. The Hall–Kier alpha value is -2.67. The second kappa shape index (κ2) is 8.62. The number of carbonyl (C=O) groups is 1. The lowest BCUT2D eigenvalue weighted by atomic mass is 10.0. The van der Waals surface area contributed by atoms with Crippen LogP contribution in [-0.2, 0) is 6.54 Å². The number of rotatable bonds is 5. The molecule has 1 aromatic carbocycles. The van der Waals surface area contributed by atoms with Crippen molar-refractivity contribution in [3.8, 4) is 5.75 Å². The maximum atomic E-state index is 13.8. The van der Waals surface area contributed by atoms with Gasteiger partial charge < -0.3 is 15.4 Å². The van der Waals surface area contributed by atoms with Crippen LogP contribution in [0.15, 0.2) is 42.7 Å². The zero-order valence-corrected chi connectivity index (χ0v) is 14.7. The normalized spacial score (nSPS) is 15.5. The summed E-state index contributed by atoms with van der Waals surface area (Å²) in [4.78, 5) is 18.3. The Balaban J connectivity index is 1.44. The average Bonchev–Trinajstić information content (AvgIpc) is 2.64. The summed E-state index contributed by atoms with van der Waals surface area (Å²) in [7, 11) is 1.46. The van der Waals surface area contributed by atoms with E-state index in [-0.39, 0.29) is 23.6 Å². The van der Waals surface area contributed by atoms with Crippen LogP contribution in [0.25, 0.3) is 0 Å². The number of anilines is 1. The number of likely N-dealkylation sites (tertiary alicyclic amines) is 1. The molecule has 3 rings (SSSR count). The van der Waals surface area contributed by atoms with Crippen molar-refractivity contribution in [1.29, 1.82) is 0 Å². The van der Waals surface area contributed by atoms with Crippen LogP contribution in [0.3, 0.4) is 0 Å². The van der Waals surface area contributed by atoms with Crippen molar-refractivity contribution in [1.82, 2.24) is 15.2 Å². The van der Waals surface area contributed by atoms with Gasteiger partial charge in [-0.3, -0.25) is 9.88 Å². The minimum atomic E-state index is -0.339. The minimum Gasteiger partial charge on any atom is -0.494 e. The first kappa shape index (κ1) is 18.1. The number of nitrogens with zero attached hydrogens (tertiary/aromatic N) is 2. The molecular formula is C19H23FN4O2. The molecule has 0 aliphatic carbocycles. The Morgan fingerprint density at radius 1 is 1.35 bits per heavy atom. The van der Waals surface area contributed by atoms with Gasteiger partial charge in [-0.1, -0.05) is 6.07 Å². The Morgan fingerprint density at radius 3 is 2.81 bits per heavy atom. The van der Waals surface area contributed by atoms with E-state index in [0.29, 0.717) is 12.2 Å². The van der Waals surface area contributed by atoms with Gasteiger partial charge in [-0.05, 0) is 42.7 Å². The van der Waals surface area contributed by atoms with E-state index in [0.717, 1.165) is 31.5 Å². The molecule has 26 heavy (non-hydrogen) atoms. The molecular weight excluding hydrogens is 335 g/mol. The highest BCUT2D eigenvalue weighted by Gasteiger charge is 2.21. The van der Waals surface area contributed by atoms with Gasteiger partial charge in [0, 0.05) is 31.9 Å². The average molecular weight is 358 g/mol. The van der Waals surface area contributed by atoms with Crippen molar-refractivity contribution in [2.45, 2.75) is 25.4 Å². The summed E-state index contributed by atoms with van der Waals surface area (Å²) < 4.78 is 18.7. The third-order valence-corrected chi connectivity index (χ3v) is 4.46. The molecule has 1 aliphatic heterocycles. The third kappa shape index (κ3) is 4.92. The summed E-state index contributed by atoms with van der Waals surface area (Å²) >= 11 is 0. The molecule has 2 heterocycles. The number of amides is 2. The van der Waals surface area contributed by atoms with Gasteiger partial charge in [0.25, 0.3) is 0 Å². The first-order valence-corrected chi connectivity index (χ1v) is 8.66. The number of carbonyl (C=O) groups excluding carboxylic acids is 1. The summed E-state index contributed by atoms with van der Waals surface area (Å²) in [6, 6.07) is 8.54. The van der Waals surface area contributed by atoms with Crippen LogP contribution in [0.2, 0.25) is 0 Å². The molecule has 0 bridgehead atoms. The number of piperidine rings is 1. The number of pyridine rings is 1. The van der Waals surface area contributed by atoms with Gasteiger partial charge >= 0.3 is 6.03 Å². The number of nitrogens with one attached hydrogen (secondary N) is 2. The molecule has 0 spiro atoms. The molecule has 0 saturated carbocycles. The number of urea groups is 1. The van der Waals surface area contributed by atoms with E-state index >= 15 is 0 Å². The van der Waals surface area contributed by atoms with Crippen LogP contribution in [0.5, 0.6) is 5.75 Å². The lowest BCUT2D eigenvalue weighted by Crippen LogP contribution is -2.45. The summed E-state index contributed by atoms with van der Waals surface area (Å²) in [6.45, 7) is 2.40. The lowest BCUT2D eigenvalue weighted by Gasteiger charge is -2.32. The van der Waals surface area contributed by atoms with Gasteiger partial charge in [-0.25, -0.2) is 9.18 Å². The maximum absolute atomic E-state index is 13.8. The van der Waals surface area contributed by atoms with Crippen molar-refractivity contribution in [2.24, 2.45) is 0 Å². The highest BCUT2D eigenvalue weighted by atomic mass is 19.1. The minimum absolute atomic E-state index is 0.135. The molecule has 0 unspecified atom stereocenters. The van der Waals surface area contributed by atoms with E-state index in [1.807, 2.05) is 6.07 Å². The Labute approximate surface area is 152 Å². The Bertz CT molecular complexity index is 734. The standard InChI is InChI=1S/C19H23FN4O2/c1-26-18-5-4-14(11-17(18)20)13-24-9-6-15(7-10-24)22-19(25)23-16-3-2-8-21-12-16/h2-5,8,11-12,15H,6-7,9-10,13H2,1H3,(H2,22,23,25). The smallest absolute Gasteiger partial charge is 0.319 e. The molecule has 2 N–H and O–H groups in total. The van der Waals surface area contributed by atoms with Gasteiger partial charge in [-0.2, -0.15) is 0 Å². The molecule has 1 saturated heterocycles. The molecule has 2 aromatic rings. The SMILES string of the molecule is COc1ccc(CN2CCC(NC(=O)Nc3cccnc3)CC2)cc1F. The Kier molecular flexibility index (Phi) is 6.01. The predicted molar refractivity (Wildman–Crippen MR) is 97.6 cm³/mol. The third-order valence-electron chi connectivity index (χ3n) is 4.46. The second-order valence-corrected chi connectivity index (χ2v) is 6.36. The molecule has 2 amide bonds. The number of methoxy groups -OCH3 is 1. The van der Waals surface area contributed by atoms with Gasteiger partial charge in [0.05, 0.1) is 19.0 Å². The molecule has 6 nitrogen and oxygen atoms in total. The second-order valence-electron chi connectivity index (χ2n) is 6.36. The Morgan fingerprint density at radius 2 is 2.15 bits per heavy atom. The van der Waals surface area contributed by atoms with E-state index in [9.17, 15) is 9.18 Å². The molecule has 7 heteroatoms. The molecule has 0 atom stereocenters. The summed E-state index contributed by atoms with van der Waals surface area (Å²) in [5.74, 6) is -0.0788. The number of halogens is 1. The van der Waals surface area contributed by atoms with Crippen LogP contribution >= 0.6 is 0 Å². The summed E-state index contributed by atoms with van der Waals surface area (Å²) in [5.41, 5.74) is 1.59. The van der Waals surface area contributed by atoms with E-state index in [2.05, 4.69) is 20.5 Å². The molecule has 0 radical (unpaired) electrons. The fraction of sp³-hybridized carbons (Fsp3) is 0.368. The highest BCUT2D eigenvalue weighted by molar-refractivity contribution is 5.89. The zero-order valence-electron chi connectivity index (χ0n) is 14.7. The molecule has 1 aliphatic rings. The number of ether oxygens (including phenoxy) is 1. The van der Waals surface area contributed by atoms with E-state index < -0.39 is 0 Å². The number of benzene rings is 1. The summed E-state index contributed by atoms with van der Waals surface area (Å²) in [6.07, 6.45) is 4.99. The van der Waals surface area contributed by atoms with Crippen molar-refractivity contribution in [3.05, 3.63) is 54.1 Å². The number of aromatic nitrogens is 1.